The molecule has 1 saturated heterocycles. The van der Waals surface area contributed by atoms with Gasteiger partial charge in [-0.2, -0.15) is 0 Å². The summed E-state index contributed by atoms with van der Waals surface area (Å²) in [5.74, 6) is 2.23. The normalized spacial score (nSPS) is 29.8. The van der Waals surface area contributed by atoms with Crippen LogP contribution in [0.15, 0.2) is 30.3 Å². The second kappa shape index (κ2) is 11.1. The topological polar surface area (TPSA) is 81.6 Å². The Hall–Kier alpha value is -1.43. The van der Waals surface area contributed by atoms with Gasteiger partial charge in [0, 0.05) is 0 Å². The summed E-state index contributed by atoms with van der Waals surface area (Å²) >= 11 is 0. The van der Waals surface area contributed by atoms with Crippen LogP contribution in [0.5, 0.6) is 0 Å². The lowest BCUT2D eigenvalue weighted by Gasteiger charge is -2.33. The lowest BCUT2D eigenvalue weighted by molar-refractivity contribution is -0.126. The third-order valence-electron chi connectivity index (χ3n) is 6.99. The number of piperidine rings is 1. The molecule has 1 aromatic rings. The number of aliphatic hydroxyl groups excluding tert-OH is 2. The van der Waals surface area contributed by atoms with Crippen LogP contribution in [-0.2, 0) is 4.79 Å². The van der Waals surface area contributed by atoms with E-state index in [1.165, 1.54) is 38.5 Å². The van der Waals surface area contributed by atoms with Crippen molar-refractivity contribution in [2.24, 2.45) is 17.8 Å². The van der Waals surface area contributed by atoms with Crippen LogP contribution in [0.2, 0.25) is 0 Å². The van der Waals surface area contributed by atoms with Crippen LogP contribution >= 0.6 is 0 Å². The van der Waals surface area contributed by atoms with Crippen molar-refractivity contribution in [3.05, 3.63) is 35.9 Å². The van der Waals surface area contributed by atoms with Crippen molar-refractivity contribution in [1.82, 2.24) is 10.6 Å². The maximum absolute atomic E-state index is 12.8. The first-order valence-electron chi connectivity index (χ1n) is 11.4. The molecule has 3 rings (SSSR count). The third-order valence-corrected chi connectivity index (χ3v) is 6.99. The van der Waals surface area contributed by atoms with Crippen LogP contribution in [0, 0.1) is 17.8 Å². The van der Waals surface area contributed by atoms with Gasteiger partial charge in [0.15, 0.2) is 0 Å². The average Bonchev–Trinajstić information content (AvgIpc) is 2.77. The van der Waals surface area contributed by atoms with E-state index in [4.69, 9.17) is 0 Å². The molecular formula is C24H38N2O3. The van der Waals surface area contributed by atoms with E-state index in [2.05, 4.69) is 17.6 Å². The molecule has 2 fully saturated rings. The molecule has 4 atom stereocenters. The van der Waals surface area contributed by atoms with Gasteiger partial charge in [-0.15, -0.1) is 0 Å². The smallest absolute Gasteiger partial charge is 0.237 e. The maximum Gasteiger partial charge on any atom is 0.237 e. The SMILES string of the molecule is CC1CCC(CC[C@H]2CCNC(C(=O)N[C@@H](CO)[C@@H](O)c3ccccc3)C2)CC1. The number of carbonyl (C=O) groups is 1. The summed E-state index contributed by atoms with van der Waals surface area (Å²) in [7, 11) is 0. The predicted octanol–water partition coefficient (Wildman–Crippen LogP) is 3.17. The van der Waals surface area contributed by atoms with Crippen molar-refractivity contribution < 1.29 is 15.0 Å². The summed E-state index contributed by atoms with van der Waals surface area (Å²) in [6.07, 6.45) is 9.02. The molecule has 4 N–H and O–H groups in total. The summed E-state index contributed by atoms with van der Waals surface area (Å²) < 4.78 is 0. The summed E-state index contributed by atoms with van der Waals surface area (Å²) in [4.78, 5) is 12.8. The zero-order valence-electron chi connectivity index (χ0n) is 17.7. The highest BCUT2D eigenvalue weighted by Gasteiger charge is 2.30. The predicted molar refractivity (Wildman–Crippen MR) is 115 cm³/mol. The molecule has 0 spiro atoms. The molecule has 1 aliphatic carbocycles. The molecule has 1 aromatic carbocycles. The van der Waals surface area contributed by atoms with Crippen molar-refractivity contribution >= 4 is 5.91 Å². The highest BCUT2D eigenvalue weighted by Crippen LogP contribution is 2.33. The van der Waals surface area contributed by atoms with E-state index in [0.717, 1.165) is 31.2 Å². The molecule has 29 heavy (non-hydrogen) atoms. The van der Waals surface area contributed by atoms with Gasteiger partial charge in [0.2, 0.25) is 5.91 Å². The van der Waals surface area contributed by atoms with E-state index >= 15 is 0 Å². The molecule has 0 aromatic heterocycles. The van der Waals surface area contributed by atoms with Gasteiger partial charge in [-0.25, -0.2) is 0 Å². The summed E-state index contributed by atoms with van der Waals surface area (Å²) in [5, 5.41) is 26.4. The highest BCUT2D eigenvalue weighted by atomic mass is 16.3. The lowest BCUT2D eigenvalue weighted by Crippen LogP contribution is -2.53. The van der Waals surface area contributed by atoms with Gasteiger partial charge in [0.05, 0.1) is 18.7 Å². The Balaban J connectivity index is 1.47. The fourth-order valence-electron chi connectivity index (χ4n) is 4.94. The Bertz CT molecular complexity index is 616. The minimum Gasteiger partial charge on any atom is -0.394 e. The molecule has 5 heteroatoms. The van der Waals surface area contributed by atoms with Crippen LogP contribution in [-0.4, -0.2) is 41.4 Å². The van der Waals surface area contributed by atoms with E-state index in [9.17, 15) is 15.0 Å². The van der Waals surface area contributed by atoms with Gasteiger partial charge in [0.1, 0.15) is 6.10 Å². The number of hydrogen-bond acceptors (Lipinski definition) is 4. The van der Waals surface area contributed by atoms with Crippen LogP contribution in [0.1, 0.15) is 70.0 Å². The second-order valence-electron chi connectivity index (χ2n) is 9.25. The molecule has 1 amide bonds. The standard InChI is InChI=1S/C24H38N2O3/c1-17-7-9-18(10-8-17)11-12-19-13-14-25-21(15-19)24(29)26-22(16-27)23(28)20-5-3-2-4-6-20/h2-6,17-19,21-23,25,27-28H,7-16H2,1H3,(H,26,29)/t17?,18?,19-,21?,22-,23-/m0/s1. The van der Waals surface area contributed by atoms with Crippen LogP contribution in [0.25, 0.3) is 0 Å². The van der Waals surface area contributed by atoms with Gasteiger partial charge in [-0.05, 0) is 42.7 Å². The minimum atomic E-state index is -0.918. The molecule has 162 valence electrons. The quantitative estimate of drug-likeness (QED) is 0.538. The lowest BCUT2D eigenvalue weighted by atomic mass is 9.78. The Morgan fingerprint density at radius 1 is 1.10 bits per heavy atom. The van der Waals surface area contributed by atoms with E-state index in [1.54, 1.807) is 12.1 Å². The van der Waals surface area contributed by atoms with Crippen LogP contribution < -0.4 is 10.6 Å². The maximum atomic E-state index is 12.8. The average molecular weight is 403 g/mol. The van der Waals surface area contributed by atoms with Crippen molar-refractivity contribution in [2.45, 2.75) is 76.5 Å². The molecule has 2 aliphatic rings. The molecule has 0 bridgehead atoms. The number of hydrogen-bond donors (Lipinski definition) is 4. The molecule has 1 saturated carbocycles. The van der Waals surface area contributed by atoms with E-state index in [-0.39, 0.29) is 18.6 Å². The Morgan fingerprint density at radius 2 is 1.79 bits per heavy atom. The first kappa shape index (κ1) is 22.3. The summed E-state index contributed by atoms with van der Waals surface area (Å²) in [6, 6.07) is 8.24. The number of nitrogens with one attached hydrogen (secondary N) is 2. The van der Waals surface area contributed by atoms with Crippen LogP contribution in [0.4, 0.5) is 0 Å². The monoisotopic (exact) mass is 402 g/mol. The van der Waals surface area contributed by atoms with Gasteiger partial charge in [0.25, 0.3) is 0 Å². The third kappa shape index (κ3) is 6.53. The van der Waals surface area contributed by atoms with E-state index < -0.39 is 12.1 Å². The highest BCUT2D eigenvalue weighted by molar-refractivity contribution is 5.82. The fourth-order valence-corrected chi connectivity index (χ4v) is 4.94. The molecule has 1 unspecified atom stereocenters. The van der Waals surface area contributed by atoms with Crippen molar-refractivity contribution in [1.29, 1.82) is 0 Å². The second-order valence-corrected chi connectivity index (χ2v) is 9.25. The molecule has 1 heterocycles. The summed E-state index contributed by atoms with van der Waals surface area (Å²) in [5.41, 5.74) is 0.697. The molecule has 0 radical (unpaired) electrons. The number of benzene rings is 1. The van der Waals surface area contributed by atoms with E-state index in [0.29, 0.717) is 11.5 Å². The van der Waals surface area contributed by atoms with Crippen molar-refractivity contribution in [3.63, 3.8) is 0 Å². The van der Waals surface area contributed by atoms with E-state index in [1.807, 2.05) is 18.2 Å². The molecular weight excluding hydrogens is 364 g/mol. The Labute approximate surface area is 175 Å². The van der Waals surface area contributed by atoms with Gasteiger partial charge in [-0.3, -0.25) is 4.79 Å². The summed E-state index contributed by atoms with van der Waals surface area (Å²) in [6.45, 7) is 2.92. The minimum absolute atomic E-state index is 0.116. The first-order valence-corrected chi connectivity index (χ1v) is 11.4. The number of rotatable bonds is 8. The largest absolute Gasteiger partial charge is 0.394 e. The zero-order valence-corrected chi connectivity index (χ0v) is 17.7. The van der Waals surface area contributed by atoms with Gasteiger partial charge in [-0.1, -0.05) is 75.8 Å². The zero-order chi connectivity index (χ0) is 20.6. The van der Waals surface area contributed by atoms with Crippen molar-refractivity contribution in [3.8, 4) is 0 Å². The van der Waals surface area contributed by atoms with Crippen molar-refractivity contribution in [2.75, 3.05) is 13.2 Å². The van der Waals surface area contributed by atoms with Gasteiger partial charge < -0.3 is 20.8 Å². The fraction of sp³-hybridized carbons (Fsp3) is 0.708. The van der Waals surface area contributed by atoms with Gasteiger partial charge >= 0.3 is 0 Å². The number of aliphatic hydroxyl groups is 2. The Morgan fingerprint density at radius 3 is 2.48 bits per heavy atom. The first-order chi connectivity index (χ1) is 14.1. The molecule has 1 aliphatic heterocycles. The van der Waals surface area contributed by atoms with Crippen LogP contribution in [0.3, 0.4) is 0 Å². The number of carbonyl (C=O) groups excluding carboxylic acids is 1. The Kier molecular flexibility index (Phi) is 8.52. The molecule has 5 nitrogen and oxygen atoms in total. The number of amides is 1.